The second-order valence-electron chi connectivity index (χ2n) is 3.66. The lowest BCUT2D eigenvalue weighted by molar-refractivity contribution is -0.417. The molecule has 0 heterocycles. The molecule has 0 unspecified atom stereocenters. The molecule has 19 heavy (non-hydrogen) atoms. The van der Waals surface area contributed by atoms with Crippen molar-refractivity contribution in [2.24, 2.45) is 10.7 Å². The molecule has 0 aromatic rings. The maximum absolute atomic E-state index is 11.5. The molecule has 0 aliphatic carbocycles. The molecule has 0 bridgehead atoms. The zero-order valence-electron chi connectivity index (χ0n) is 11.7. The Kier molecular flexibility index (Phi) is 7.16. The molecule has 0 aromatic heterocycles. The molecule has 0 aromatic carbocycles. The third-order valence-corrected chi connectivity index (χ3v) is 2.29. The van der Waals surface area contributed by atoms with Gasteiger partial charge in [0.15, 0.2) is 0 Å². The van der Waals surface area contributed by atoms with Gasteiger partial charge in [-0.2, -0.15) is 0 Å². The van der Waals surface area contributed by atoms with E-state index in [-0.39, 0.29) is 30.4 Å². The maximum atomic E-state index is 11.5. The van der Waals surface area contributed by atoms with Crippen molar-refractivity contribution >= 4 is 11.8 Å². The monoisotopic (exact) mass is 272 g/mol. The standard InChI is InChI=1S/C11H20N4O4/c1-5-14(7-9(16)19-6-2)11(13-4)10(8(3)12)15(17)18/h5-7,12H2,1-4H3/b10-8-,13-11?. The number of nitro groups is 1. The Morgan fingerprint density at radius 3 is 2.37 bits per heavy atom. The van der Waals surface area contributed by atoms with Crippen molar-refractivity contribution < 1.29 is 14.5 Å². The molecule has 0 spiro atoms. The second kappa shape index (κ2) is 8.06. The Morgan fingerprint density at radius 2 is 2.05 bits per heavy atom. The molecule has 0 fully saturated rings. The average Bonchev–Trinajstić information content (AvgIpc) is 2.32. The summed E-state index contributed by atoms with van der Waals surface area (Å²) in [5.74, 6) is -0.400. The minimum atomic E-state index is -0.606. The molecule has 0 amide bonds. The highest BCUT2D eigenvalue weighted by molar-refractivity contribution is 5.98. The Balaban J connectivity index is 5.26. The first-order valence-electron chi connectivity index (χ1n) is 5.87. The average molecular weight is 272 g/mol. The number of amidine groups is 1. The van der Waals surface area contributed by atoms with E-state index in [2.05, 4.69) is 4.99 Å². The molecule has 0 aliphatic heterocycles. The first kappa shape index (κ1) is 16.9. The third-order valence-electron chi connectivity index (χ3n) is 2.29. The van der Waals surface area contributed by atoms with Crippen LogP contribution in [0.5, 0.6) is 0 Å². The summed E-state index contributed by atoms with van der Waals surface area (Å²) in [5.41, 5.74) is 5.25. The van der Waals surface area contributed by atoms with Crippen LogP contribution in [0.1, 0.15) is 20.8 Å². The molecule has 0 radical (unpaired) electrons. The van der Waals surface area contributed by atoms with Crippen LogP contribution < -0.4 is 5.73 Å². The lowest BCUT2D eigenvalue weighted by atomic mass is 10.3. The number of nitrogens with zero attached hydrogens (tertiary/aromatic N) is 3. The normalized spacial score (nSPS) is 12.7. The van der Waals surface area contributed by atoms with E-state index in [1.165, 1.54) is 18.9 Å². The molecular formula is C11H20N4O4. The molecular weight excluding hydrogens is 252 g/mol. The van der Waals surface area contributed by atoms with Crippen LogP contribution in [-0.2, 0) is 9.53 Å². The summed E-state index contributed by atoms with van der Waals surface area (Å²) >= 11 is 0. The van der Waals surface area contributed by atoms with Gasteiger partial charge in [-0.15, -0.1) is 0 Å². The molecule has 8 heteroatoms. The highest BCUT2D eigenvalue weighted by Crippen LogP contribution is 2.08. The van der Waals surface area contributed by atoms with Gasteiger partial charge < -0.3 is 15.4 Å². The highest BCUT2D eigenvalue weighted by atomic mass is 16.6. The van der Waals surface area contributed by atoms with Gasteiger partial charge in [-0.05, 0) is 20.8 Å². The molecule has 8 nitrogen and oxygen atoms in total. The number of hydrogen-bond acceptors (Lipinski definition) is 6. The second-order valence-corrected chi connectivity index (χ2v) is 3.66. The van der Waals surface area contributed by atoms with Crippen molar-refractivity contribution in [1.29, 1.82) is 0 Å². The van der Waals surface area contributed by atoms with Crippen LogP contribution in [-0.4, -0.2) is 48.4 Å². The Hall–Kier alpha value is -2.12. The number of rotatable bonds is 6. The van der Waals surface area contributed by atoms with E-state index in [0.717, 1.165) is 0 Å². The predicted octanol–water partition coefficient (Wildman–Crippen LogP) is 0.367. The Labute approximate surface area is 112 Å². The van der Waals surface area contributed by atoms with Gasteiger partial charge in [-0.25, -0.2) is 0 Å². The molecule has 0 saturated carbocycles. The first-order chi connectivity index (χ1) is 8.88. The minimum Gasteiger partial charge on any atom is -0.465 e. The number of likely N-dealkylation sites (N-methyl/N-ethyl adjacent to an activating group) is 1. The van der Waals surface area contributed by atoms with Crippen molar-refractivity contribution in [3.05, 3.63) is 21.5 Å². The molecule has 108 valence electrons. The van der Waals surface area contributed by atoms with Gasteiger partial charge in [0.1, 0.15) is 6.54 Å². The fourth-order valence-electron chi connectivity index (χ4n) is 1.50. The number of carbonyl (C=O) groups excluding carboxylic acids is 1. The fourth-order valence-corrected chi connectivity index (χ4v) is 1.50. The lowest BCUT2D eigenvalue weighted by Gasteiger charge is -2.21. The van der Waals surface area contributed by atoms with Gasteiger partial charge in [0.25, 0.3) is 0 Å². The third kappa shape index (κ3) is 4.94. The summed E-state index contributed by atoms with van der Waals surface area (Å²) in [6, 6.07) is 0. The largest absolute Gasteiger partial charge is 0.465 e. The van der Waals surface area contributed by atoms with Crippen LogP contribution in [0.15, 0.2) is 16.4 Å². The highest BCUT2D eigenvalue weighted by Gasteiger charge is 2.27. The maximum Gasteiger partial charge on any atom is 0.329 e. The van der Waals surface area contributed by atoms with Crippen molar-refractivity contribution in [2.45, 2.75) is 20.8 Å². The number of esters is 1. The Bertz CT molecular complexity index is 399. The van der Waals surface area contributed by atoms with Gasteiger partial charge in [0.2, 0.25) is 5.84 Å². The van der Waals surface area contributed by atoms with Crippen molar-refractivity contribution in [3.63, 3.8) is 0 Å². The van der Waals surface area contributed by atoms with Gasteiger partial charge >= 0.3 is 11.7 Å². The van der Waals surface area contributed by atoms with Crippen LogP contribution >= 0.6 is 0 Å². The van der Waals surface area contributed by atoms with E-state index in [9.17, 15) is 14.9 Å². The number of aliphatic imine (C=N–C) groups is 1. The van der Waals surface area contributed by atoms with E-state index >= 15 is 0 Å². The van der Waals surface area contributed by atoms with E-state index < -0.39 is 10.9 Å². The van der Waals surface area contributed by atoms with Crippen LogP contribution in [0.2, 0.25) is 0 Å². The van der Waals surface area contributed by atoms with E-state index in [1.54, 1.807) is 13.8 Å². The van der Waals surface area contributed by atoms with Crippen LogP contribution in [0.3, 0.4) is 0 Å². The predicted molar refractivity (Wildman–Crippen MR) is 71.1 cm³/mol. The quantitative estimate of drug-likeness (QED) is 0.246. The molecule has 0 atom stereocenters. The van der Waals surface area contributed by atoms with Gasteiger partial charge in [0.05, 0.1) is 17.2 Å². The smallest absolute Gasteiger partial charge is 0.329 e. The summed E-state index contributed by atoms with van der Waals surface area (Å²) in [5, 5.41) is 11.0. The first-order valence-corrected chi connectivity index (χ1v) is 5.87. The van der Waals surface area contributed by atoms with Gasteiger partial charge in [-0.1, -0.05) is 0 Å². The number of nitrogens with two attached hydrogens (primary N) is 1. The van der Waals surface area contributed by atoms with Crippen LogP contribution in [0, 0.1) is 10.1 Å². The zero-order valence-corrected chi connectivity index (χ0v) is 11.7. The topological polar surface area (TPSA) is 111 Å². The fraction of sp³-hybridized carbons (Fsp3) is 0.636. The lowest BCUT2D eigenvalue weighted by Crippen LogP contribution is -2.39. The number of ether oxygens (including phenoxy) is 1. The van der Waals surface area contributed by atoms with Crippen molar-refractivity contribution in [3.8, 4) is 0 Å². The number of allylic oxidation sites excluding steroid dienone is 1. The summed E-state index contributed by atoms with van der Waals surface area (Å²) in [4.78, 5) is 27.2. The molecule has 0 saturated heterocycles. The zero-order chi connectivity index (χ0) is 15.0. The summed E-state index contributed by atoms with van der Waals surface area (Å²) < 4.78 is 4.82. The van der Waals surface area contributed by atoms with E-state index in [1.807, 2.05) is 0 Å². The minimum absolute atomic E-state index is 0.0351. The van der Waals surface area contributed by atoms with Crippen molar-refractivity contribution in [2.75, 3.05) is 26.7 Å². The number of hydrogen-bond donors (Lipinski definition) is 1. The summed E-state index contributed by atoms with van der Waals surface area (Å²) in [7, 11) is 1.41. The molecule has 0 aliphatic rings. The van der Waals surface area contributed by atoms with Crippen LogP contribution in [0.4, 0.5) is 0 Å². The van der Waals surface area contributed by atoms with Gasteiger partial charge in [0, 0.05) is 13.6 Å². The Morgan fingerprint density at radius 1 is 1.47 bits per heavy atom. The summed E-state index contributed by atoms with van der Waals surface area (Å²) in [6.45, 7) is 5.38. The molecule has 0 rings (SSSR count). The van der Waals surface area contributed by atoms with E-state index in [0.29, 0.717) is 6.54 Å². The SMILES string of the molecule is CCOC(=O)CN(CC)C(=NC)/C(=C(\C)N)[N+](=O)[O-]. The van der Waals surface area contributed by atoms with Gasteiger partial charge in [-0.3, -0.25) is 19.9 Å². The van der Waals surface area contributed by atoms with Crippen LogP contribution in [0.25, 0.3) is 0 Å². The number of carbonyl (C=O) groups is 1. The summed E-state index contributed by atoms with van der Waals surface area (Å²) in [6.07, 6.45) is 0. The molecule has 2 N–H and O–H groups in total. The van der Waals surface area contributed by atoms with Crippen molar-refractivity contribution in [1.82, 2.24) is 4.90 Å². The van der Waals surface area contributed by atoms with E-state index in [4.69, 9.17) is 10.5 Å².